The van der Waals surface area contributed by atoms with Gasteiger partial charge in [-0.2, -0.15) is 0 Å². The van der Waals surface area contributed by atoms with Gasteiger partial charge in [-0.15, -0.1) is 0 Å². The van der Waals surface area contributed by atoms with Crippen molar-refractivity contribution >= 4 is 23.9 Å². The summed E-state index contributed by atoms with van der Waals surface area (Å²) in [5.74, 6) is -2.26. The van der Waals surface area contributed by atoms with Crippen LogP contribution in [0, 0.1) is 11.7 Å². The highest BCUT2D eigenvalue weighted by atomic mass is 19.1. The highest BCUT2D eigenvalue weighted by Crippen LogP contribution is 2.13. The van der Waals surface area contributed by atoms with Gasteiger partial charge in [-0.1, -0.05) is 50.2 Å². The first-order chi connectivity index (χ1) is 14.8. The lowest BCUT2D eigenvalue weighted by Gasteiger charge is -2.20. The van der Waals surface area contributed by atoms with Crippen LogP contribution in [0.4, 0.5) is 4.39 Å². The van der Waals surface area contributed by atoms with Gasteiger partial charge < -0.3 is 15.4 Å². The first kappa shape index (κ1) is 23.8. The van der Waals surface area contributed by atoms with Crippen LogP contribution in [-0.2, 0) is 14.3 Å². The van der Waals surface area contributed by atoms with Crippen molar-refractivity contribution in [1.82, 2.24) is 10.6 Å². The maximum Gasteiger partial charge on any atom is 0.328 e. The van der Waals surface area contributed by atoms with Crippen LogP contribution < -0.4 is 10.6 Å². The van der Waals surface area contributed by atoms with Crippen LogP contribution in [0.3, 0.4) is 0 Å². The largest absolute Gasteiger partial charge is 0.464 e. The number of ether oxygens (including phenoxy) is 1. The molecule has 0 aliphatic carbocycles. The second kappa shape index (κ2) is 11.6. The van der Waals surface area contributed by atoms with Gasteiger partial charge in [0, 0.05) is 11.1 Å². The molecule has 2 N–H and O–H groups in total. The van der Waals surface area contributed by atoms with E-state index in [2.05, 4.69) is 10.6 Å². The van der Waals surface area contributed by atoms with Crippen molar-refractivity contribution in [3.63, 3.8) is 0 Å². The topological polar surface area (TPSA) is 84.5 Å². The molecule has 0 radical (unpaired) electrons. The molecule has 2 rings (SSSR count). The zero-order valence-electron chi connectivity index (χ0n) is 17.9. The van der Waals surface area contributed by atoms with E-state index in [-0.39, 0.29) is 23.8 Å². The van der Waals surface area contributed by atoms with Gasteiger partial charge in [-0.3, -0.25) is 9.59 Å². The summed E-state index contributed by atoms with van der Waals surface area (Å²) < 4.78 is 19.2. The molecule has 1 unspecified atom stereocenters. The van der Waals surface area contributed by atoms with E-state index >= 15 is 0 Å². The number of nitrogens with one attached hydrogen (secondary N) is 2. The van der Waals surface area contributed by atoms with Crippen LogP contribution in [-0.4, -0.2) is 30.4 Å². The zero-order chi connectivity index (χ0) is 22.8. The predicted octanol–water partition coefficient (Wildman–Crippen LogP) is 3.69. The van der Waals surface area contributed by atoms with Crippen molar-refractivity contribution in [3.8, 4) is 0 Å². The molecule has 6 nitrogen and oxygen atoms in total. The number of halogens is 1. The van der Waals surface area contributed by atoms with Crippen LogP contribution >= 0.6 is 0 Å². The third-order valence-corrected chi connectivity index (χ3v) is 4.32. The lowest BCUT2D eigenvalue weighted by Crippen LogP contribution is -2.45. The second-order valence-electron chi connectivity index (χ2n) is 7.31. The number of hydrogen-bond acceptors (Lipinski definition) is 4. The Morgan fingerprint density at radius 2 is 1.68 bits per heavy atom. The number of carbonyl (C=O) groups is 3. The van der Waals surface area contributed by atoms with Gasteiger partial charge in [-0.05, 0) is 43.5 Å². The highest BCUT2D eigenvalue weighted by molar-refractivity contribution is 6.06. The van der Waals surface area contributed by atoms with Crippen molar-refractivity contribution in [2.45, 2.75) is 33.2 Å². The van der Waals surface area contributed by atoms with E-state index in [1.165, 1.54) is 24.3 Å². The molecule has 0 saturated heterocycles. The molecule has 2 aromatic rings. The zero-order valence-corrected chi connectivity index (χ0v) is 17.9. The number of carbonyl (C=O) groups excluding carboxylic acids is 3. The summed E-state index contributed by atoms with van der Waals surface area (Å²) >= 11 is 0. The summed E-state index contributed by atoms with van der Waals surface area (Å²) in [6.07, 6.45) is 1.59. The first-order valence-corrected chi connectivity index (χ1v) is 10.1. The lowest BCUT2D eigenvalue weighted by atomic mass is 10.0. The molecule has 0 bridgehead atoms. The summed E-state index contributed by atoms with van der Waals surface area (Å²) in [4.78, 5) is 37.9. The number of hydrogen-bond donors (Lipinski definition) is 2. The van der Waals surface area contributed by atoms with E-state index < -0.39 is 29.6 Å². The maximum atomic E-state index is 14.2. The van der Waals surface area contributed by atoms with E-state index in [4.69, 9.17) is 4.74 Å². The number of benzene rings is 2. The fraction of sp³-hybridized carbons (Fsp3) is 0.292. The third kappa shape index (κ3) is 7.37. The van der Waals surface area contributed by atoms with Crippen LogP contribution in [0.2, 0.25) is 0 Å². The van der Waals surface area contributed by atoms with E-state index in [0.717, 1.165) is 0 Å². The Morgan fingerprint density at radius 3 is 2.29 bits per heavy atom. The molecule has 0 saturated carbocycles. The summed E-state index contributed by atoms with van der Waals surface area (Å²) in [5, 5.41) is 5.14. The number of esters is 1. The molecule has 0 aromatic heterocycles. The third-order valence-electron chi connectivity index (χ3n) is 4.32. The van der Waals surface area contributed by atoms with Gasteiger partial charge in [0.1, 0.15) is 17.6 Å². The molecule has 2 aromatic carbocycles. The summed E-state index contributed by atoms with van der Waals surface area (Å²) in [7, 11) is 0. The SMILES string of the molecule is CCOC(=O)C(CC(C)C)NC(=O)/C(=C\c1ccccc1F)NC(=O)c1ccccc1. The molecule has 1 atom stereocenters. The number of amides is 2. The Kier molecular flexibility index (Phi) is 8.94. The van der Waals surface area contributed by atoms with Crippen LogP contribution in [0.5, 0.6) is 0 Å². The molecule has 0 spiro atoms. The van der Waals surface area contributed by atoms with Crippen LogP contribution in [0.25, 0.3) is 6.08 Å². The Balaban J connectivity index is 2.34. The molecule has 2 amide bonds. The molecule has 0 fully saturated rings. The van der Waals surface area contributed by atoms with Gasteiger partial charge in [0.2, 0.25) is 0 Å². The minimum atomic E-state index is -0.898. The normalized spacial score (nSPS) is 12.2. The van der Waals surface area contributed by atoms with Gasteiger partial charge in [0.15, 0.2) is 0 Å². The average Bonchev–Trinajstić information content (AvgIpc) is 2.74. The van der Waals surface area contributed by atoms with Crippen molar-refractivity contribution in [2.24, 2.45) is 5.92 Å². The summed E-state index contributed by atoms with van der Waals surface area (Å²) in [6.45, 7) is 5.67. The smallest absolute Gasteiger partial charge is 0.328 e. The summed E-state index contributed by atoms with van der Waals surface area (Å²) in [6, 6.07) is 13.3. The number of rotatable bonds is 9. The van der Waals surface area contributed by atoms with E-state index in [1.807, 2.05) is 13.8 Å². The molecule has 0 heterocycles. The highest BCUT2D eigenvalue weighted by Gasteiger charge is 2.25. The van der Waals surface area contributed by atoms with Crippen molar-refractivity contribution in [2.75, 3.05) is 6.61 Å². The quantitative estimate of drug-likeness (QED) is 0.473. The van der Waals surface area contributed by atoms with E-state index in [1.54, 1.807) is 43.3 Å². The van der Waals surface area contributed by atoms with Crippen molar-refractivity contribution < 1.29 is 23.5 Å². The molecular formula is C24H27FN2O4. The molecule has 0 aliphatic heterocycles. The monoisotopic (exact) mass is 426 g/mol. The molecule has 7 heteroatoms. The van der Waals surface area contributed by atoms with Gasteiger partial charge in [0.25, 0.3) is 11.8 Å². The summed E-state index contributed by atoms with van der Waals surface area (Å²) in [5.41, 5.74) is 0.272. The van der Waals surface area contributed by atoms with Gasteiger partial charge in [0.05, 0.1) is 6.61 Å². The maximum absolute atomic E-state index is 14.2. The van der Waals surface area contributed by atoms with E-state index in [0.29, 0.717) is 12.0 Å². The van der Waals surface area contributed by atoms with Gasteiger partial charge in [-0.25, -0.2) is 9.18 Å². The molecule has 31 heavy (non-hydrogen) atoms. The van der Waals surface area contributed by atoms with Crippen molar-refractivity contribution in [1.29, 1.82) is 0 Å². The van der Waals surface area contributed by atoms with Crippen LogP contribution in [0.1, 0.15) is 43.1 Å². The Morgan fingerprint density at radius 1 is 1.03 bits per heavy atom. The first-order valence-electron chi connectivity index (χ1n) is 10.1. The predicted molar refractivity (Wildman–Crippen MR) is 116 cm³/mol. The van der Waals surface area contributed by atoms with Crippen molar-refractivity contribution in [3.05, 3.63) is 77.2 Å². The average molecular weight is 426 g/mol. The molecule has 0 aliphatic rings. The van der Waals surface area contributed by atoms with Crippen LogP contribution in [0.15, 0.2) is 60.3 Å². The second-order valence-corrected chi connectivity index (χ2v) is 7.31. The molecular weight excluding hydrogens is 399 g/mol. The lowest BCUT2D eigenvalue weighted by molar-refractivity contribution is -0.147. The Hall–Kier alpha value is -3.48. The fourth-order valence-corrected chi connectivity index (χ4v) is 2.85. The minimum absolute atomic E-state index is 0.104. The Labute approximate surface area is 181 Å². The molecule has 164 valence electrons. The van der Waals surface area contributed by atoms with E-state index in [9.17, 15) is 18.8 Å². The fourth-order valence-electron chi connectivity index (χ4n) is 2.85. The minimum Gasteiger partial charge on any atom is -0.464 e. The van der Waals surface area contributed by atoms with Gasteiger partial charge >= 0.3 is 5.97 Å². The Bertz CT molecular complexity index is 942. The standard InChI is InChI=1S/C24H27FN2O4/c1-4-31-24(30)21(14-16(2)3)27-23(29)20(15-18-12-8-9-13-19(18)25)26-22(28)17-10-6-5-7-11-17/h5-13,15-16,21H,4,14H2,1-3H3,(H,26,28)(H,27,29)/b20-15+.